The van der Waals surface area contributed by atoms with Gasteiger partial charge in [0, 0.05) is 19.2 Å². The van der Waals surface area contributed by atoms with Crippen molar-refractivity contribution in [1.29, 1.82) is 0 Å². The summed E-state index contributed by atoms with van der Waals surface area (Å²) in [7, 11) is 0. The van der Waals surface area contributed by atoms with Gasteiger partial charge in [0.2, 0.25) is 0 Å². The van der Waals surface area contributed by atoms with Crippen LogP contribution < -0.4 is 0 Å². The van der Waals surface area contributed by atoms with Crippen molar-refractivity contribution < 1.29 is 9.13 Å². The summed E-state index contributed by atoms with van der Waals surface area (Å²) in [4.78, 5) is 4.35. The largest absolute Gasteiger partial charge is 0.379 e. The Hall–Kier alpha value is -1.13. The number of rotatable bonds is 6. The van der Waals surface area contributed by atoms with Crippen molar-refractivity contribution in [3.05, 3.63) is 29.8 Å². The van der Waals surface area contributed by atoms with Crippen molar-refractivity contribution in [3.63, 3.8) is 0 Å². The van der Waals surface area contributed by atoms with Crippen molar-refractivity contribution in [2.24, 2.45) is 5.92 Å². The Morgan fingerprint density at radius 1 is 1.42 bits per heavy atom. The molecule has 1 aliphatic rings. The Morgan fingerprint density at radius 2 is 2.26 bits per heavy atom. The molecular formula is C14H16ClFN2O. The number of benzene rings is 1. The van der Waals surface area contributed by atoms with E-state index in [1.807, 2.05) is 4.57 Å². The molecule has 1 aromatic carbocycles. The second-order valence-corrected chi connectivity index (χ2v) is 5.23. The van der Waals surface area contributed by atoms with Gasteiger partial charge in [0.25, 0.3) is 0 Å². The molecule has 1 aromatic heterocycles. The zero-order valence-corrected chi connectivity index (χ0v) is 11.4. The molecule has 1 heterocycles. The first-order chi connectivity index (χ1) is 9.28. The van der Waals surface area contributed by atoms with Crippen LogP contribution in [0, 0.1) is 11.7 Å². The molecule has 0 aliphatic heterocycles. The monoisotopic (exact) mass is 282 g/mol. The van der Waals surface area contributed by atoms with Gasteiger partial charge in [0.15, 0.2) is 0 Å². The molecule has 0 N–H and O–H groups in total. The van der Waals surface area contributed by atoms with Crippen LogP contribution in [0.25, 0.3) is 11.0 Å². The first-order valence-electron chi connectivity index (χ1n) is 6.56. The third-order valence-electron chi connectivity index (χ3n) is 3.42. The zero-order chi connectivity index (χ0) is 13.2. The van der Waals surface area contributed by atoms with Crippen LogP contribution in [0.5, 0.6) is 0 Å². The predicted molar refractivity (Wildman–Crippen MR) is 72.8 cm³/mol. The average Bonchev–Trinajstić information content (AvgIpc) is 3.16. The lowest BCUT2D eigenvalue weighted by Gasteiger charge is -2.08. The maximum absolute atomic E-state index is 13.2. The molecular weight excluding hydrogens is 267 g/mol. The molecule has 0 spiro atoms. The summed E-state index contributed by atoms with van der Waals surface area (Å²) in [5, 5.41) is 0. The summed E-state index contributed by atoms with van der Waals surface area (Å²) in [5.41, 5.74) is 1.56. The van der Waals surface area contributed by atoms with Gasteiger partial charge < -0.3 is 9.30 Å². The van der Waals surface area contributed by atoms with E-state index < -0.39 is 0 Å². The first kappa shape index (κ1) is 12.9. The number of nitrogens with zero attached hydrogens (tertiary/aromatic N) is 2. The lowest BCUT2D eigenvalue weighted by molar-refractivity contribution is 0.117. The van der Waals surface area contributed by atoms with Crippen LogP contribution in [-0.2, 0) is 17.2 Å². The maximum Gasteiger partial charge on any atom is 0.125 e. The van der Waals surface area contributed by atoms with Crippen molar-refractivity contribution >= 4 is 22.6 Å². The third kappa shape index (κ3) is 2.90. The number of hydrogen-bond acceptors (Lipinski definition) is 2. The molecule has 19 heavy (non-hydrogen) atoms. The highest BCUT2D eigenvalue weighted by atomic mass is 35.5. The third-order valence-corrected chi connectivity index (χ3v) is 3.66. The molecule has 3 rings (SSSR count). The second kappa shape index (κ2) is 5.47. The van der Waals surface area contributed by atoms with Crippen molar-refractivity contribution in [3.8, 4) is 0 Å². The lowest BCUT2D eigenvalue weighted by atomic mass is 10.3. The molecule has 5 heteroatoms. The minimum absolute atomic E-state index is 0.275. The van der Waals surface area contributed by atoms with E-state index in [1.165, 1.54) is 25.0 Å². The van der Waals surface area contributed by atoms with Crippen molar-refractivity contribution in [1.82, 2.24) is 9.55 Å². The van der Waals surface area contributed by atoms with Gasteiger partial charge in [-0.2, -0.15) is 0 Å². The summed E-state index contributed by atoms with van der Waals surface area (Å²) in [6.45, 7) is 2.19. The van der Waals surface area contributed by atoms with Crippen LogP contribution in [0.4, 0.5) is 4.39 Å². The summed E-state index contributed by atoms with van der Waals surface area (Å²) >= 11 is 5.90. The zero-order valence-electron chi connectivity index (χ0n) is 10.6. The predicted octanol–water partition coefficient (Wildman–Crippen LogP) is 3.34. The lowest BCUT2D eigenvalue weighted by Crippen LogP contribution is -2.09. The van der Waals surface area contributed by atoms with Crippen LogP contribution >= 0.6 is 11.6 Å². The van der Waals surface area contributed by atoms with E-state index >= 15 is 0 Å². The molecule has 0 saturated heterocycles. The van der Waals surface area contributed by atoms with Crippen LogP contribution in [-0.4, -0.2) is 22.8 Å². The van der Waals surface area contributed by atoms with E-state index in [1.54, 1.807) is 6.07 Å². The van der Waals surface area contributed by atoms with Gasteiger partial charge in [-0.05, 0) is 30.9 Å². The van der Waals surface area contributed by atoms with Gasteiger partial charge in [-0.1, -0.05) is 0 Å². The van der Waals surface area contributed by atoms with E-state index in [4.69, 9.17) is 16.3 Å². The molecule has 0 radical (unpaired) electrons. The summed E-state index contributed by atoms with van der Waals surface area (Å²) in [5.74, 6) is 1.57. The Bertz CT molecular complexity index is 580. The molecule has 0 unspecified atom stereocenters. The average molecular weight is 283 g/mol. The van der Waals surface area contributed by atoms with Crippen LogP contribution in [0.15, 0.2) is 18.2 Å². The van der Waals surface area contributed by atoms with Gasteiger partial charge in [0.05, 0.1) is 23.5 Å². The normalized spacial score (nSPS) is 15.3. The van der Waals surface area contributed by atoms with E-state index in [2.05, 4.69) is 4.98 Å². The molecule has 1 saturated carbocycles. The number of alkyl halides is 1. The number of imidazole rings is 1. The van der Waals surface area contributed by atoms with Gasteiger partial charge in [-0.25, -0.2) is 9.37 Å². The number of ether oxygens (including phenoxy) is 1. The standard InChI is InChI=1S/C14H16ClFN2O/c15-8-14-17-12-7-11(16)3-4-13(12)18(14)5-6-19-9-10-1-2-10/h3-4,7,10H,1-2,5-6,8-9H2. The van der Waals surface area contributed by atoms with Crippen LogP contribution in [0.2, 0.25) is 0 Å². The fraction of sp³-hybridized carbons (Fsp3) is 0.500. The molecule has 1 aliphatic carbocycles. The number of halogens is 2. The number of aromatic nitrogens is 2. The molecule has 3 nitrogen and oxygen atoms in total. The SMILES string of the molecule is Fc1ccc2c(c1)nc(CCl)n2CCOCC1CC1. The van der Waals surface area contributed by atoms with Gasteiger partial charge in [-0.15, -0.1) is 11.6 Å². The molecule has 2 aromatic rings. The quantitative estimate of drug-likeness (QED) is 0.600. The Morgan fingerprint density at radius 3 is 3.00 bits per heavy atom. The molecule has 0 atom stereocenters. The van der Waals surface area contributed by atoms with Crippen molar-refractivity contribution in [2.45, 2.75) is 25.3 Å². The fourth-order valence-corrected chi connectivity index (χ4v) is 2.40. The maximum atomic E-state index is 13.2. The van der Waals surface area contributed by atoms with Gasteiger partial charge >= 0.3 is 0 Å². The smallest absolute Gasteiger partial charge is 0.125 e. The Labute approximate surface area is 116 Å². The van der Waals surface area contributed by atoms with Gasteiger partial charge in [0.1, 0.15) is 11.6 Å². The molecule has 0 bridgehead atoms. The van der Waals surface area contributed by atoms with Crippen molar-refractivity contribution in [2.75, 3.05) is 13.2 Å². The summed E-state index contributed by atoms with van der Waals surface area (Å²) in [6.07, 6.45) is 2.58. The highest BCUT2D eigenvalue weighted by Gasteiger charge is 2.21. The minimum Gasteiger partial charge on any atom is -0.379 e. The summed E-state index contributed by atoms with van der Waals surface area (Å²) in [6, 6.07) is 4.63. The van der Waals surface area contributed by atoms with E-state index in [9.17, 15) is 4.39 Å². The van der Waals surface area contributed by atoms with E-state index in [0.29, 0.717) is 24.5 Å². The molecule has 0 amide bonds. The molecule has 1 fully saturated rings. The minimum atomic E-state index is -0.275. The topological polar surface area (TPSA) is 27.1 Å². The fourth-order valence-electron chi connectivity index (χ4n) is 2.19. The Kier molecular flexibility index (Phi) is 3.71. The second-order valence-electron chi connectivity index (χ2n) is 4.96. The highest BCUT2D eigenvalue weighted by molar-refractivity contribution is 6.16. The van der Waals surface area contributed by atoms with Gasteiger partial charge in [-0.3, -0.25) is 0 Å². The van der Waals surface area contributed by atoms with E-state index in [0.717, 1.165) is 23.9 Å². The Balaban J connectivity index is 1.75. The van der Waals surface area contributed by atoms with E-state index in [-0.39, 0.29) is 5.82 Å². The number of fused-ring (bicyclic) bond motifs is 1. The van der Waals surface area contributed by atoms with Crippen LogP contribution in [0.1, 0.15) is 18.7 Å². The summed E-state index contributed by atoms with van der Waals surface area (Å²) < 4.78 is 20.8. The van der Waals surface area contributed by atoms with Crippen LogP contribution in [0.3, 0.4) is 0 Å². The first-order valence-corrected chi connectivity index (χ1v) is 7.10. The molecule has 102 valence electrons. The number of hydrogen-bond donors (Lipinski definition) is 0. The highest BCUT2D eigenvalue weighted by Crippen LogP contribution is 2.28.